The highest BCUT2D eigenvalue weighted by Gasteiger charge is 2.06. The first-order chi connectivity index (χ1) is 9.01. The first-order valence-corrected chi connectivity index (χ1v) is 5.32. The summed E-state index contributed by atoms with van der Waals surface area (Å²) in [7, 11) is 0. The molecule has 0 radical (unpaired) electrons. The van der Waals surface area contributed by atoms with Crippen molar-refractivity contribution in [1.29, 1.82) is 0 Å². The predicted octanol–water partition coefficient (Wildman–Crippen LogP) is 0.723. The molecule has 4 N–H and O–H groups in total. The van der Waals surface area contributed by atoms with E-state index in [0.29, 0.717) is 5.69 Å². The summed E-state index contributed by atoms with van der Waals surface area (Å²) in [5.41, 5.74) is 5.45. The van der Waals surface area contributed by atoms with Crippen molar-refractivity contribution in [3.05, 3.63) is 24.3 Å². The van der Waals surface area contributed by atoms with E-state index < -0.39 is 18.4 Å². The summed E-state index contributed by atoms with van der Waals surface area (Å²) < 4.78 is 27.9. The van der Waals surface area contributed by atoms with Gasteiger partial charge in [-0.2, -0.15) is 8.78 Å². The summed E-state index contributed by atoms with van der Waals surface area (Å²) in [6.45, 7) is -3.31. The third kappa shape index (κ3) is 6.86. The van der Waals surface area contributed by atoms with Crippen LogP contribution in [0.5, 0.6) is 5.75 Å². The number of nitrogens with one attached hydrogen (secondary N) is 2. The summed E-state index contributed by atoms with van der Waals surface area (Å²) in [6.07, 6.45) is 0. The number of ether oxygens (including phenoxy) is 1. The van der Waals surface area contributed by atoms with Crippen LogP contribution in [0.3, 0.4) is 0 Å². The first kappa shape index (κ1) is 18.1. The monoisotopic (exact) mass is 309 g/mol. The summed E-state index contributed by atoms with van der Waals surface area (Å²) in [5, 5.41) is 4.75. The van der Waals surface area contributed by atoms with Crippen molar-refractivity contribution in [3.8, 4) is 5.75 Å². The van der Waals surface area contributed by atoms with Crippen molar-refractivity contribution in [2.45, 2.75) is 6.61 Å². The molecule has 9 heteroatoms. The molecular weight excluding hydrogens is 296 g/mol. The van der Waals surface area contributed by atoms with E-state index in [1.54, 1.807) is 0 Å². The average Bonchev–Trinajstić information content (AvgIpc) is 2.37. The van der Waals surface area contributed by atoms with Crippen LogP contribution in [0, 0.1) is 0 Å². The minimum atomic E-state index is -2.90. The Labute approximate surface area is 120 Å². The van der Waals surface area contributed by atoms with Gasteiger partial charge >= 0.3 is 6.61 Å². The SMILES string of the molecule is Cl.NCC(=O)NCC(=O)Nc1ccc(OC(F)F)cc1. The molecule has 20 heavy (non-hydrogen) atoms. The largest absolute Gasteiger partial charge is 0.435 e. The molecule has 0 fully saturated rings. The molecule has 1 aromatic carbocycles. The van der Waals surface area contributed by atoms with E-state index in [-0.39, 0.29) is 31.2 Å². The van der Waals surface area contributed by atoms with Crippen LogP contribution < -0.4 is 21.1 Å². The number of nitrogens with two attached hydrogens (primary N) is 1. The number of rotatable bonds is 6. The molecule has 0 saturated carbocycles. The Hall–Kier alpha value is -1.93. The lowest BCUT2D eigenvalue weighted by Crippen LogP contribution is -2.36. The van der Waals surface area contributed by atoms with Crippen LogP contribution in [0.1, 0.15) is 0 Å². The number of amides is 2. The van der Waals surface area contributed by atoms with Gasteiger partial charge in [-0.15, -0.1) is 12.4 Å². The fraction of sp³-hybridized carbons (Fsp3) is 0.273. The van der Waals surface area contributed by atoms with Gasteiger partial charge < -0.3 is 21.1 Å². The number of hydrogen-bond donors (Lipinski definition) is 3. The number of carbonyl (C=O) groups excluding carboxylic acids is 2. The van der Waals surface area contributed by atoms with E-state index in [9.17, 15) is 18.4 Å². The molecular formula is C11H14ClF2N3O3. The maximum Gasteiger partial charge on any atom is 0.387 e. The van der Waals surface area contributed by atoms with Gasteiger partial charge in [-0.3, -0.25) is 9.59 Å². The zero-order valence-corrected chi connectivity index (χ0v) is 11.1. The standard InChI is InChI=1S/C11H13F2N3O3.ClH/c12-11(13)19-8-3-1-7(2-4-8)16-10(18)6-15-9(17)5-14;/h1-4,11H,5-6,14H2,(H,15,17)(H,16,18);1H. The maximum atomic E-state index is 11.9. The van der Waals surface area contributed by atoms with Gasteiger partial charge in [-0.1, -0.05) is 0 Å². The lowest BCUT2D eigenvalue weighted by Gasteiger charge is -2.08. The predicted molar refractivity (Wildman–Crippen MR) is 71.0 cm³/mol. The van der Waals surface area contributed by atoms with E-state index in [1.807, 2.05) is 0 Å². The van der Waals surface area contributed by atoms with Crippen molar-refractivity contribution < 1.29 is 23.1 Å². The Morgan fingerprint density at radius 2 is 1.80 bits per heavy atom. The lowest BCUT2D eigenvalue weighted by atomic mass is 10.3. The van der Waals surface area contributed by atoms with Gasteiger partial charge in [0.05, 0.1) is 13.1 Å². The van der Waals surface area contributed by atoms with Crippen molar-refractivity contribution in [1.82, 2.24) is 5.32 Å². The number of benzene rings is 1. The Morgan fingerprint density at radius 1 is 1.20 bits per heavy atom. The second-order valence-electron chi connectivity index (χ2n) is 3.43. The van der Waals surface area contributed by atoms with Gasteiger partial charge in [0.25, 0.3) is 0 Å². The summed E-state index contributed by atoms with van der Waals surface area (Å²) in [4.78, 5) is 22.2. The van der Waals surface area contributed by atoms with Crippen LogP contribution in [-0.4, -0.2) is 31.5 Å². The van der Waals surface area contributed by atoms with E-state index in [1.165, 1.54) is 24.3 Å². The van der Waals surface area contributed by atoms with Crippen molar-refractivity contribution >= 4 is 29.9 Å². The Balaban J connectivity index is 0.00000361. The molecule has 112 valence electrons. The van der Waals surface area contributed by atoms with Gasteiger partial charge in [-0.25, -0.2) is 0 Å². The van der Waals surface area contributed by atoms with Crippen molar-refractivity contribution in [3.63, 3.8) is 0 Å². The average molecular weight is 310 g/mol. The van der Waals surface area contributed by atoms with Crippen molar-refractivity contribution in [2.75, 3.05) is 18.4 Å². The second-order valence-corrected chi connectivity index (χ2v) is 3.43. The highest BCUT2D eigenvalue weighted by atomic mass is 35.5. The number of anilines is 1. The van der Waals surface area contributed by atoms with Gasteiger partial charge in [0.15, 0.2) is 0 Å². The topological polar surface area (TPSA) is 93.5 Å². The van der Waals surface area contributed by atoms with Crippen LogP contribution in [0.2, 0.25) is 0 Å². The fourth-order valence-electron chi connectivity index (χ4n) is 1.18. The van der Waals surface area contributed by atoms with Gasteiger partial charge in [-0.05, 0) is 24.3 Å². The zero-order chi connectivity index (χ0) is 14.3. The highest BCUT2D eigenvalue weighted by molar-refractivity contribution is 5.94. The molecule has 0 aliphatic heterocycles. The third-order valence-corrected chi connectivity index (χ3v) is 1.99. The summed E-state index contributed by atoms with van der Waals surface area (Å²) in [6, 6.07) is 5.39. The molecule has 0 aromatic heterocycles. The van der Waals surface area contributed by atoms with Crippen LogP contribution in [0.25, 0.3) is 0 Å². The number of halogens is 3. The molecule has 0 aliphatic rings. The number of hydrogen-bond acceptors (Lipinski definition) is 4. The quantitative estimate of drug-likeness (QED) is 0.722. The van der Waals surface area contributed by atoms with Crippen LogP contribution in [-0.2, 0) is 9.59 Å². The van der Waals surface area contributed by atoms with Gasteiger partial charge in [0, 0.05) is 5.69 Å². The molecule has 0 aliphatic carbocycles. The molecule has 0 spiro atoms. The molecule has 0 bridgehead atoms. The van der Waals surface area contributed by atoms with Crippen LogP contribution in [0.15, 0.2) is 24.3 Å². The lowest BCUT2D eigenvalue weighted by molar-refractivity contribution is -0.123. The number of alkyl halides is 2. The number of carbonyl (C=O) groups is 2. The Bertz CT molecular complexity index is 443. The van der Waals surface area contributed by atoms with E-state index in [0.717, 1.165) is 0 Å². The normalized spacial score (nSPS) is 9.60. The molecule has 0 saturated heterocycles. The molecule has 2 amide bonds. The molecule has 0 heterocycles. The van der Waals surface area contributed by atoms with E-state index >= 15 is 0 Å². The fourth-order valence-corrected chi connectivity index (χ4v) is 1.18. The van der Waals surface area contributed by atoms with Crippen molar-refractivity contribution in [2.24, 2.45) is 5.73 Å². The zero-order valence-electron chi connectivity index (χ0n) is 10.3. The Kier molecular flexibility index (Phi) is 8.18. The van der Waals surface area contributed by atoms with Crippen LogP contribution in [0.4, 0.5) is 14.5 Å². The van der Waals surface area contributed by atoms with E-state index in [4.69, 9.17) is 5.73 Å². The smallest absolute Gasteiger partial charge is 0.387 e. The first-order valence-electron chi connectivity index (χ1n) is 5.32. The summed E-state index contributed by atoms with van der Waals surface area (Å²) in [5.74, 6) is -0.912. The molecule has 0 atom stereocenters. The molecule has 0 unspecified atom stereocenters. The maximum absolute atomic E-state index is 11.9. The second kappa shape index (κ2) is 9.05. The van der Waals surface area contributed by atoms with Crippen LogP contribution >= 0.6 is 12.4 Å². The van der Waals surface area contributed by atoms with Gasteiger partial charge in [0.2, 0.25) is 11.8 Å². The highest BCUT2D eigenvalue weighted by Crippen LogP contribution is 2.17. The molecule has 6 nitrogen and oxygen atoms in total. The van der Waals surface area contributed by atoms with E-state index in [2.05, 4.69) is 15.4 Å². The third-order valence-electron chi connectivity index (χ3n) is 1.99. The van der Waals surface area contributed by atoms with Gasteiger partial charge in [0.1, 0.15) is 5.75 Å². The molecule has 1 rings (SSSR count). The Morgan fingerprint density at radius 3 is 2.30 bits per heavy atom. The minimum absolute atomic E-state index is 0. The minimum Gasteiger partial charge on any atom is -0.435 e. The molecule has 1 aromatic rings. The summed E-state index contributed by atoms with van der Waals surface area (Å²) >= 11 is 0.